The zero-order valence-corrected chi connectivity index (χ0v) is 4.68. The summed E-state index contributed by atoms with van der Waals surface area (Å²) in [6.07, 6.45) is 0. The number of hydrogen-bond acceptors (Lipinski definition) is 1. The van der Waals surface area contributed by atoms with Crippen molar-refractivity contribution in [2.45, 2.75) is 0 Å². The molecule has 6 heavy (non-hydrogen) atoms. The first-order chi connectivity index (χ1) is 2.56. The first-order valence-corrected chi connectivity index (χ1v) is 3.59. The zero-order chi connectivity index (χ0) is 5.21. The van der Waals surface area contributed by atoms with E-state index >= 15 is 0 Å². The van der Waals surface area contributed by atoms with Crippen molar-refractivity contribution in [3.05, 3.63) is 0 Å². The topological polar surface area (TPSA) is 52.8 Å². The third-order valence-corrected chi connectivity index (χ3v) is 1.14. The maximum atomic E-state index is 8.33. The molecule has 4 heteroatoms. The number of rotatable bonds is 0. The van der Waals surface area contributed by atoms with Gasteiger partial charge >= 0.3 is 0 Å². The Labute approximate surface area is 36.9 Å². The first-order valence-electron chi connectivity index (χ1n) is 1.49. The predicted octanol–water partition coefficient (Wildman–Crippen LogP) is 0.262. The van der Waals surface area contributed by atoms with Gasteiger partial charge in [0, 0.05) is 13.7 Å². The summed E-state index contributed by atoms with van der Waals surface area (Å²) in [7, 11) is -1.39. The van der Waals surface area contributed by atoms with E-state index in [1.807, 2.05) is 0 Å². The molecular weight excluding hydrogens is 101 g/mol. The maximum absolute atomic E-state index is 8.33. The van der Waals surface area contributed by atoms with Gasteiger partial charge in [0.1, 0.15) is 0 Å². The summed E-state index contributed by atoms with van der Waals surface area (Å²) in [5.74, 6) is 0. The molecule has 0 unspecified atom stereocenters. The van der Waals surface area contributed by atoms with Gasteiger partial charge in [-0.3, -0.25) is 4.74 Å². The van der Waals surface area contributed by atoms with Crippen molar-refractivity contribution in [2.24, 2.45) is 4.74 Å². The quantitative estimate of drug-likeness (QED) is 0.438. The van der Waals surface area contributed by atoms with E-state index in [1.165, 1.54) is 13.7 Å². The Morgan fingerprint density at radius 3 is 1.67 bits per heavy atom. The summed E-state index contributed by atoms with van der Waals surface area (Å²) in [6, 6.07) is 0. The fraction of sp³-hybridized carbons (Fsp3) is 1.00. The lowest BCUT2D eigenvalue weighted by Gasteiger charge is -1.96. The van der Waals surface area contributed by atoms with Crippen LogP contribution in [0.25, 0.3) is 0 Å². The molecule has 0 heterocycles. The molecule has 0 spiro atoms. The Bertz CT molecular complexity index is 75.3. The van der Waals surface area contributed by atoms with Crippen molar-refractivity contribution in [2.75, 3.05) is 13.7 Å². The molecule has 0 saturated heterocycles. The van der Waals surface area contributed by atoms with E-state index in [9.17, 15) is 0 Å². The molecule has 0 radical (unpaired) electrons. The average Bonchev–Trinajstić information content (AvgIpc) is 1.35. The lowest BCUT2D eigenvalue weighted by Crippen LogP contribution is -1.68. The van der Waals surface area contributed by atoms with Crippen LogP contribution in [0.15, 0.2) is 4.74 Å². The van der Waals surface area contributed by atoms with E-state index in [4.69, 9.17) is 9.79 Å². The van der Waals surface area contributed by atoms with E-state index in [0.29, 0.717) is 0 Å². The van der Waals surface area contributed by atoms with Crippen molar-refractivity contribution in [1.82, 2.24) is 0 Å². The lowest BCUT2D eigenvalue weighted by atomic mass is 11.6. The summed E-state index contributed by atoms with van der Waals surface area (Å²) < 4.78 is 3.24. The van der Waals surface area contributed by atoms with Gasteiger partial charge in [0.2, 0.25) is 7.51 Å². The predicted molar refractivity (Wildman–Crippen MR) is 25.6 cm³/mol. The molecule has 0 aliphatic carbocycles. The van der Waals surface area contributed by atoms with Crippen LogP contribution in [0.4, 0.5) is 0 Å². The van der Waals surface area contributed by atoms with E-state index in [2.05, 4.69) is 4.74 Å². The Balaban J connectivity index is 3.79. The van der Waals surface area contributed by atoms with Crippen molar-refractivity contribution in [3.63, 3.8) is 0 Å². The van der Waals surface area contributed by atoms with Crippen LogP contribution in [-0.2, 0) is 0 Å². The van der Waals surface area contributed by atoms with Crippen molar-refractivity contribution in [3.8, 4) is 0 Å². The molecule has 2 N–H and O–H groups in total. The highest BCUT2D eigenvalue weighted by atomic mass is 31.2. The Morgan fingerprint density at radius 2 is 1.67 bits per heavy atom. The Hall–Kier alpha value is 0.150. The van der Waals surface area contributed by atoms with Crippen LogP contribution >= 0.6 is 7.51 Å². The van der Waals surface area contributed by atoms with Crippen molar-refractivity contribution in [1.29, 1.82) is 0 Å². The molecule has 0 aliphatic rings. The Morgan fingerprint density at radius 1 is 1.50 bits per heavy atom. The normalized spacial score (nSPS) is 11.3. The minimum Gasteiger partial charge on any atom is -0.340 e. The van der Waals surface area contributed by atoms with Gasteiger partial charge in [-0.1, -0.05) is 0 Å². The zero-order valence-electron chi connectivity index (χ0n) is 3.79. The molecule has 0 fully saturated rings. The van der Waals surface area contributed by atoms with Crippen LogP contribution in [0.5, 0.6) is 0 Å². The van der Waals surface area contributed by atoms with Crippen LogP contribution in [0.3, 0.4) is 0 Å². The fourth-order valence-electron chi connectivity index (χ4n) is 0. The fourth-order valence-corrected chi connectivity index (χ4v) is 0. The largest absolute Gasteiger partial charge is 0.340 e. The summed E-state index contributed by atoms with van der Waals surface area (Å²) in [5.41, 5.74) is 0. The van der Waals surface area contributed by atoms with Crippen molar-refractivity contribution >= 4 is 7.51 Å². The van der Waals surface area contributed by atoms with Gasteiger partial charge < -0.3 is 9.79 Å². The molecule has 0 aromatic carbocycles. The minimum absolute atomic E-state index is 1.30. The van der Waals surface area contributed by atoms with E-state index in [-0.39, 0.29) is 0 Å². The summed E-state index contributed by atoms with van der Waals surface area (Å²) in [5, 5.41) is 0. The highest BCUT2D eigenvalue weighted by Crippen LogP contribution is 2.32. The standard InChI is InChI=1S/C2H8NO2P/c1-3-6(2,4)5/h4-5H,1-2H3. The van der Waals surface area contributed by atoms with E-state index in [1.54, 1.807) is 0 Å². The molecule has 0 aliphatic heterocycles. The molecule has 0 bridgehead atoms. The lowest BCUT2D eigenvalue weighted by molar-refractivity contribution is 0.473. The highest BCUT2D eigenvalue weighted by molar-refractivity contribution is 7.53. The van der Waals surface area contributed by atoms with Crippen LogP contribution in [0, 0.1) is 0 Å². The first kappa shape index (κ1) is 6.15. The second-order valence-corrected chi connectivity index (χ2v) is 3.20. The molecule has 38 valence electrons. The van der Waals surface area contributed by atoms with Gasteiger partial charge in [0.05, 0.1) is 0 Å². The van der Waals surface area contributed by atoms with Crippen LogP contribution in [-0.4, -0.2) is 23.5 Å². The van der Waals surface area contributed by atoms with Crippen LogP contribution < -0.4 is 0 Å². The molecule has 0 rings (SSSR count). The van der Waals surface area contributed by atoms with E-state index in [0.717, 1.165) is 0 Å². The highest BCUT2D eigenvalue weighted by Gasteiger charge is 1.92. The third-order valence-electron chi connectivity index (χ3n) is 0.379. The summed E-state index contributed by atoms with van der Waals surface area (Å²) in [6.45, 7) is 1.30. The molecule has 0 saturated carbocycles. The SMILES string of the molecule is CN=P(C)(O)O. The molecule has 0 atom stereocenters. The molecular formula is C2H8NO2P. The average molecular weight is 109 g/mol. The van der Waals surface area contributed by atoms with Gasteiger partial charge in [0.15, 0.2) is 0 Å². The monoisotopic (exact) mass is 109 g/mol. The van der Waals surface area contributed by atoms with Gasteiger partial charge in [-0.05, 0) is 0 Å². The molecule has 0 aromatic heterocycles. The second kappa shape index (κ2) is 1.73. The molecule has 3 nitrogen and oxygen atoms in total. The van der Waals surface area contributed by atoms with Crippen molar-refractivity contribution < 1.29 is 9.79 Å². The maximum Gasteiger partial charge on any atom is 0.203 e. The minimum atomic E-state index is -2.77. The molecule has 0 aromatic rings. The Kier molecular flexibility index (Phi) is 1.78. The third kappa shape index (κ3) is 4.15. The van der Waals surface area contributed by atoms with E-state index < -0.39 is 7.51 Å². The number of hydrogen-bond donors (Lipinski definition) is 2. The van der Waals surface area contributed by atoms with Crippen LogP contribution in [0.2, 0.25) is 0 Å². The van der Waals surface area contributed by atoms with Crippen LogP contribution in [0.1, 0.15) is 0 Å². The summed E-state index contributed by atoms with van der Waals surface area (Å²) in [4.78, 5) is 16.7. The van der Waals surface area contributed by atoms with Gasteiger partial charge in [-0.2, -0.15) is 0 Å². The number of nitrogens with zero attached hydrogens (tertiary/aromatic N) is 1. The smallest absolute Gasteiger partial charge is 0.203 e. The van der Waals surface area contributed by atoms with Gasteiger partial charge in [-0.15, -0.1) is 0 Å². The van der Waals surface area contributed by atoms with Gasteiger partial charge in [0.25, 0.3) is 0 Å². The van der Waals surface area contributed by atoms with Gasteiger partial charge in [-0.25, -0.2) is 0 Å². The summed E-state index contributed by atoms with van der Waals surface area (Å²) >= 11 is 0. The second-order valence-electron chi connectivity index (χ2n) is 1.07. The molecule has 0 amide bonds.